The van der Waals surface area contributed by atoms with Gasteiger partial charge in [-0.25, -0.2) is 19.2 Å². The van der Waals surface area contributed by atoms with Gasteiger partial charge in [-0.2, -0.15) is 26.3 Å². The number of aliphatic carboxylic acids is 1. The highest BCUT2D eigenvalue weighted by Crippen LogP contribution is 2.29. The zero-order chi connectivity index (χ0) is 36.5. The van der Waals surface area contributed by atoms with Gasteiger partial charge in [0.05, 0.1) is 13.2 Å². The standard InChI is InChI=1S/C13H20F2O4.C9H16F2O3.C7H12F2O3/c1-6-18-12(17)13(14,15)10(7-8(2)3)19-11(16)9(4)5;1-4-14-8(13)9(10,11)7(12)5-6(2)3;1-4(2)3-5(10)7(8,9)6(11)12/h8,10H,4,6-7H2,1-3,5H3;6-7,12H,4-5H2,1-3H3;4-5,10H,3H2,1-2H3,(H,11,12). The number of carboxylic acid groups (broad SMARTS) is 1. The Bertz CT molecular complexity index is 939. The number of aliphatic hydroxyl groups excluding tert-OH is 2. The third-order valence-corrected chi connectivity index (χ3v) is 5.29. The van der Waals surface area contributed by atoms with E-state index >= 15 is 0 Å². The molecule has 0 aliphatic carbocycles. The van der Waals surface area contributed by atoms with E-state index in [1.165, 1.54) is 20.8 Å². The Balaban J connectivity index is -0.000000607. The summed E-state index contributed by atoms with van der Waals surface area (Å²) in [4.78, 5) is 43.3. The zero-order valence-electron chi connectivity index (χ0n) is 27.2. The van der Waals surface area contributed by atoms with E-state index in [-0.39, 0.29) is 55.8 Å². The highest BCUT2D eigenvalue weighted by molar-refractivity contribution is 5.88. The van der Waals surface area contributed by atoms with Gasteiger partial charge >= 0.3 is 41.6 Å². The Hall–Kier alpha value is -2.88. The van der Waals surface area contributed by atoms with Crippen LogP contribution in [0.15, 0.2) is 12.2 Å². The van der Waals surface area contributed by atoms with Crippen LogP contribution < -0.4 is 0 Å². The largest absolute Gasteiger partial charge is 0.477 e. The van der Waals surface area contributed by atoms with E-state index in [0.29, 0.717) is 0 Å². The highest BCUT2D eigenvalue weighted by atomic mass is 19.3. The van der Waals surface area contributed by atoms with Crippen molar-refractivity contribution in [2.24, 2.45) is 17.8 Å². The van der Waals surface area contributed by atoms with Crippen molar-refractivity contribution in [1.29, 1.82) is 0 Å². The molecule has 266 valence electrons. The monoisotopic (exact) mass is 670 g/mol. The second-order valence-corrected chi connectivity index (χ2v) is 11.2. The third-order valence-electron chi connectivity index (χ3n) is 5.29. The molecule has 0 aliphatic heterocycles. The van der Waals surface area contributed by atoms with Crippen molar-refractivity contribution in [3.8, 4) is 0 Å². The van der Waals surface area contributed by atoms with E-state index < -0.39 is 60.0 Å². The minimum absolute atomic E-state index is 0.00610. The summed E-state index contributed by atoms with van der Waals surface area (Å²) in [5.41, 5.74) is -0.00610. The molecule has 0 bridgehead atoms. The lowest BCUT2D eigenvalue weighted by Crippen LogP contribution is -2.46. The molecule has 0 aromatic heterocycles. The molecule has 0 aliphatic rings. The number of hydrogen-bond donors (Lipinski definition) is 3. The first kappa shape index (κ1) is 46.5. The van der Waals surface area contributed by atoms with E-state index in [1.54, 1.807) is 41.5 Å². The molecular weight excluding hydrogens is 622 g/mol. The zero-order valence-corrected chi connectivity index (χ0v) is 27.2. The van der Waals surface area contributed by atoms with E-state index in [4.69, 9.17) is 15.3 Å². The fourth-order valence-electron chi connectivity index (χ4n) is 2.98. The fraction of sp³-hybridized carbons (Fsp3) is 0.793. The molecule has 16 heteroatoms. The maximum Gasteiger partial charge on any atom is 0.381 e. The van der Waals surface area contributed by atoms with Gasteiger partial charge in [0.1, 0.15) is 12.2 Å². The highest BCUT2D eigenvalue weighted by Gasteiger charge is 2.51. The van der Waals surface area contributed by atoms with E-state index in [2.05, 4.69) is 20.8 Å². The van der Waals surface area contributed by atoms with Crippen LogP contribution in [-0.4, -0.2) is 88.5 Å². The van der Waals surface area contributed by atoms with Crippen LogP contribution in [0.2, 0.25) is 0 Å². The Morgan fingerprint density at radius 1 is 0.667 bits per heavy atom. The number of ether oxygens (including phenoxy) is 3. The Kier molecular flexibility index (Phi) is 21.7. The summed E-state index contributed by atoms with van der Waals surface area (Å²) in [6.45, 7) is 17.2. The number of hydrogen-bond acceptors (Lipinski definition) is 9. The SMILES string of the molecule is C=C(C)C(=O)OC(CC(C)C)C(F)(F)C(=O)OCC.CC(C)CC(O)C(F)(F)C(=O)O.CCOC(=O)C(F)(F)C(O)CC(C)C. The normalized spacial score (nSPS) is 13.9. The number of carbonyl (C=O) groups excluding carboxylic acids is 3. The topological polar surface area (TPSA) is 157 Å². The number of aliphatic hydroxyl groups is 2. The molecule has 0 radical (unpaired) electrons. The van der Waals surface area contributed by atoms with Crippen molar-refractivity contribution in [3.05, 3.63) is 12.2 Å². The fourth-order valence-corrected chi connectivity index (χ4v) is 2.98. The van der Waals surface area contributed by atoms with Crippen LogP contribution in [0.25, 0.3) is 0 Å². The van der Waals surface area contributed by atoms with Crippen LogP contribution in [0, 0.1) is 17.8 Å². The summed E-state index contributed by atoms with van der Waals surface area (Å²) in [7, 11) is 0. The Morgan fingerprint density at radius 3 is 1.29 bits per heavy atom. The van der Waals surface area contributed by atoms with Crippen molar-refractivity contribution in [1.82, 2.24) is 0 Å². The first-order valence-corrected chi connectivity index (χ1v) is 14.2. The van der Waals surface area contributed by atoms with Gasteiger partial charge in [-0.3, -0.25) is 0 Å². The molecule has 3 unspecified atom stereocenters. The molecule has 3 atom stereocenters. The number of alkyl halides is 6. The average Bonchev–Trinajstić information content (AvgIpc) is 2.87. The number of esters is 3. The number of carbonyl (C=O) groups is 4. The summed E-state index contributed by atoms with van der Waals surface area (Å²) >= 11 is 0. The molecule has 0 aromatic rings. The predicted molar refractivity (Wildman–Crippen MR) is 151 cm³/mol. The van der Waals surface area contributed by atoms with Gasteiger partial charge in [0.2, 0.25) is 0 Å². The van der Waals surface area contributed by atoms with Crippen LogP contribution >= 0.6 is 0 Å². The number of rotatable bonds is 16. The summed E-state index contributed by atoms with van der Waals surface area (Å²) in [5, 5.41) is 25.9. The molecular formula is C29H48F6O10. The molecule has 0 spiro atoms. The van der Waals surface area contributed by atoms with Crippen LogP contribution in [0.3, 0.4) is 0 Å². The molecule has 0 saturated carbocycles. The van der Waals surface area contributed by atoms with Gasteiger partial charge in [0, 0.05) is 5.57 Å². The molecule has 0 amide bonds. The van der Waals surface area contributed by atoms with Gasteiger partial charge in [-0.1, -0.05) is 48.1 Å². The average molecular weight is 671 g/mol. The third kappa shape index (κ3) is 18.0. The predicted octanol–water partition coefficient (Wildman–Crippen LogP) is 5.42. The van der Waals surface area contributed by atoms with Crippen molar-refractivity contribution in [2.45, 2.75) is 118 Å². The molecule has 45 heavy (non-hydrogen) atoms. The van der Waals surface area contributed by atoms with Gasteiger partial charge in [0.25, 0.3) is 0 Å². The summed E-state index contributed by atoms with van der Waals surface area (Å²) < 4.78 is 91.8. The van der Waals surface area contributed by atoms with Crippen LogP contribution in [-0.2, 0) is 33.4 Å². The lowest BCUT2D eigenvalue weighted by atomic mass is 10.0. The Morgan fingerprint density at radius 2 is 1.00 bits per heavy atom. The lowest BCUT2D eigenvalue weighted by Gasteiger charge is -2.26. The first-order valence-electron chi connectivity index (χ1n) is 14.2. The molecule has 10 nitrogen and oxygen atoms in total. The van der Waals surface area contributed by atoms with Crippen molar-refractivity contribution >= 4 is 23.9 Å². The molecule has 0 fully saturated rings. The maximum absolute atomic E-state index is 13.9. The van der Waals surface area contributed by atoms with Gasteiger partial charge in [-0.15, -0.1) is 0 Å². The first-order chi connectivity index (χ1) is 20.2. The Labute approximate surface area is 260 Å². The van der Waals surface area contributed by atoms with E-state index in [9.17, 15) is 45.5 Å². The van der Waals surface area contributed by atoms with Gasteiger partial charge < -0.3 is 29.5 Å². The van der Waals surface area contributed by atoms with Crippen molar-refractivity contribution in [3.63, 3.8) is 0 Å². The maximum atomic E-state index is 13.9. The smallest absolute Gasteiger partial charge is 0.381 e. The quantitative estimate of drug-likeness (QED) is 0.0838. The number of halogens is 6. The molecule has 3 N–H and O–H groups in total. The number of carboxylic acids is 1. The molecule has 0 rings (SSSR count). The van der Waals surface area contributed by atoms with Crippen LogP contribution in [0.5, 0.6) is 0 Å². The molecule has 0 aromatic carbocycles. The molecule has 0 heterocycles. The van der Waals surface area contributed by atoms with Crippen molar-refractivity contribution < 1.29 is 75.1 Å². The second-order valence-electron chi connectivity index (χ2n) is 11.2. The summed E-state index contributed by atoms with van der Waals surface area (Å²) in [5.74, 6) is -18.7. The van der Waals surface area contributed by atoms with E-state index in [1.807, 2.05) is 0 Å². The second kappa shape index (κ2) is 21.0. The van der Waals surface area contributed by atoms with Crippen molar-refractivity contribution in [2.75, 3.05) is 13.2 Å². The summed E-state index contributed by atoms with van der Waals surface area (Å²) in [6, 6.07) is 0. The lowest BCUT2D eigenvalue weighted by molar-refractivity contribution is -0.198. The minimum atomic E-state index is -4.04. The van der Waals surface area contributed by atoms with Gasteiger partial charge in [0.15, 0.2) is 6.10 Å². The minimum Gasteiger partial charge on any atom is -0.477 e. The molecule has 0 saturated heterocycles. The van der Waals surface area contributed by atoms with Crippen LogP contribution in [0.4, 0.5) is 26.3 Å². The van der Waals surface area contributed by atoms with E-state index in [0.717, 1.165) is 0 Å². The van der Waals surface area contributed by atoms with Crippen LogP contribution in [0.1, 0.15) is 81.6 Å². The summed E-state index contributed by atoms with van der Waals surface area (Å²) in [6.07, 6.45) is -6.43. The van der Waals surface area contributed by atoms with Gasteiger partial charge in [-0.05, 0) is 57.8 Å².